The Labute approximate surface area is 123 Å². The first-order valence-corrected chi connectivity index (χ1v) is 8.04. The standard InChI is InChI=1S/C16H19NO2S/c1-2-19-13-8-11(9-13)7-12(18)10-16-17-14-5-3-4-6-15(14)20-16/h3-6,11,13H,2,7-10H2,1H3. The molecule has 0 radical (unpaired) electrons. The van der Waals surface area contributed by atoms with Gasteiger partial charge in [-0.1, -0.05) is 12.1 Å². The van der Waals surface area contributed by atoms with Crippen molar-refractivity contribution in [1.29, 1.82) is 0 Å². The van der Waals surface area contributed by atoms with Gasteiger partial charge in [-0.25, -0.2) is 4.98 Å². The van der Waals surface area contributed by atoms with Gasteiger partial charge >= 0.3 is 0 Å². The van der Waals surface area contributed by atoms with Gasteiger partial charge in [-0.3, -0.25) is 4.79 Å². The van der Waals surface area contributed by atoms with Crippen LogP contribution in [-0.2, 0) is 16.0 Å². The predicted octanol–water partition coefficient (Wildman–Crippen LogP) is 3.61. The summed E-state index contributed by atoms with van der Waals surface area (Å²) in [6.07, 6.45) is 3.63. The quantitative estimate of drug-likeness (QED) is 0.815. The molecule has 1 aliphatic carbocycles. The summed E-state index contributed by atoms with van der Waals surface area (Å²) in [5.74, 6) is 0.831. The molecule has 0 N–H and O–H groups in total. The van der Waals surface area contributed by atoms with Crippen molar-refractivity contribution in [3.8, 4) is 0 Å². The summed E-state index contributed by atoms with van der Waals surface area (Å²) in [5.41, 5.74) is 1.00. The number of thiazole rings is 1. The van der Waals surface area contributed by atoms with E-state index in [-0.39, 0.29) is 0 Å². The minimum absolute atomic E-state index is 0.309. The number of para-hydroxylation sites is 1. The number of carbonyl (C=O) groups excluding carboxylic acids is 1. The summed E-state index contributed by atoms with van der Waals surface area (Å²) >= 11 is 1.63. The number of ether oxygens (including phenoxy) is 1. The van der Waals surface area contributed by atoms with E-state index in [4.69, 9.17) is 4.74 Å². The fourth-order valence-corrected chi connectivity index (χ4v) is 3.77. The lowest BCUT2D eigenvalue weighted by molar-refractivity contribution is -0.121. The van der Waals surface area contributed by atoms with Crippen LogP contribution in [0.3, 0.4) is 0 Å². The molecule has 1 heterocycles. The van der Waals surface area contributed by atoms with Crippen molar-refractivity contribution in [3.05, 3.63) is 29.3 Å². The zero-order valence-corrected chi connectivity index (χ0v) is 12.5. The van der Waals surface area contributed by atoms with Crippen LogP contribution in [0.25, 0.3) is 10.2 Å². The van der Waals surface area contributed by atoms with E-state index in [0.29, 0.717) is 30.6 Å². The second-order valence-electron chi connectivity index (χ2n) is 5.41. The number of Topliss-reactive ketones (excluding diaryl/α,β-unsaturated/α-hetero) is 1. The van der Waals surface area contributed by atoms with Crippen LogP contribution >= 0.6 is 11.3 Å². The normalized spacial score (nSPS) is 21.9. The van der Waals surface area contributed by atoms with E-state index in [9.17, 15) is 4.79 Å². The zero-order valence-electron chi connectivity index (χ0n) is 11.7. The molecule has 3 rings (SSSR count). The summed E-state index contributed by atoms with van der Waals surface area (Å²) in [7, 11) is 0. The maximum Gasteiger partial charge on any atom is 0.139 e. The molecule has 0 atom stereocenters. The van der Waals surface area contributed by atoms with Crippen molar-refractivity contribution in [2.24, 2.45) is 5.92 Å². The maximum absolute atomic E-state index is 12.1. The zero-order chi connectivity index (χ0) is 13.9. The fraction of sp³-hybridized carbons (Fsp3) is 0.500. The topological polar surface area (TPSA) is 39.2 Å². The van der Waals surface area contributed by atoms with E-state index in [0.717, 1.165) is 34.7 Å². The van der Waals surface area contributed by atoms with E-state index < -0.39 is 0 Å². The molecule has 1 fully saturated rings. The highest BCUT2D eigenvalue weighted by atomic mass is 32.1. The number of aromatic nitrogens is 1. The number of nitrogens with zero attached hydrogens (tertiary/aromatic N) is 1. The summed E-state index contributed by atoms with van der Waals surface area (Å²) in [4.78, 5) is 16.6. The van der Waals surface area contributed by atoms with Crippen molar-refractivity contribution in [2.75, 3.05) is 6.61 Å². The number of fused-ring (bicyclic) bond motifs is 1. The smallest absolute Gasteiger partial charge is 0.139 e. The molecule has 0 saturated heterocycles. The van der Waals surface area contributed by atoms with Crippen LogP contribution in [0.5, 0.6) is 0 Å². The Morgan fingerprint density at radius 1 is 1.40 bits per heavy atom. The number of benzene rings is 1. The fourth-order valence-electron chi connectivity index (χ4n) is 2.77. The lowest BCUT2D eigenvalue weighted by atomic mass is 9.79. The van der Waals surface area contributed by atoms with E-state index in [1.807, 2.05) is 25.1 Å². The molecule has 0 bridgehead atoms. The van der Waals surface area contributed by atoms with Gasteiger partial charge < -0.3 is 4.74 Å². The average molecular weight is 289 g/mol. The Bertz CT molecular complexity index is 568. The minimum atomic E-state index is 0.309. The molecule has 20 heavy (non-hydrogen) atoms. The van der Waals surface area contributed by atoms with E-state index in [2.05, 4.69) is 11.1 Å². The molecule has 1 aromatic heterocycles. The van der Waals surface area contributed by atoms with E-state index in [1.165, 1.54) is 0 Å². The van der Waals surface area contributed by atoms with Crippen molar-refractivity contribution in [2.45, 2.75) is 38.7 Å². The summed E-state index contributed by atoms with van der Waals surface area (Å²) < 4.78 is 6.69. The monoisotopic (exact) mass is 289 g/mol. The van der Waals surface area contributed by atoms with Crippen LogP contribution in [0.4, 0.5) is 0 Å². The lowest BCUT2D eigenvalue weighted by Gasteiger charge is -2.34. The molecular weight excluding hydrogens is 270 g/mol. The van der Waals surface area contributed by atoms with E-state index >= 15 is 0 Å². The number of ketones is 1. The van der Waals surface area contributed by atoms with Crippen LogP contribution in [0.2, 0.25) is 0 Å². The second kappa shape index (κ2) is 6.02. The molecule has 106 valence electrons. The third-order valence-electron chi connectivity index (χ3n) is 3.80. The summed E-state index contributed by atoms with van der Waals surface area (Å²) in [5, 5.41) is 0.942. The number of rotatable bonds is 6. The SMILES string of the molecule is CCOC1CC(CC(=O)Cc2nc3ccccc3s2)C1. The van der Waals surface area contributed by atoms with Crippen molar-refractivity contribution >= 4 is 27.3 Å². The Hall–Kier alpha value is -1.26. The molecule has 0 amide bonds. The average Bonchev–Trinajstić information content (AvgIpc) is 2.78. The van der Waals surface area contributed by atoms with E-state index in [1.54, 1.807) is 11.3 Å². The van der Waals surface area contributed by atoms with Crippen LogP contribution < -0.4 is 0 Å². The molecule has 1 aliphatic rings. The highest BCUT2D eigenvalue weighted by Crippen LogP contribution is 2.33. The van der Waals surface area contributed by atoms with Crippen LogP contribution in [0.15, 0.2) is 24.3 Å². The summed E-state index contributed by atoms with van der Waals surface area (Å²) in [6.45, 7) is 2.79. The van der Waals surface area contributed by atoms with Gasteiger partial charge in [0, 0.05) is 13.0 Å². The third kappa shape index (κ3) is 3.07. The predicted molar refractivity (Wildman–Crippen MR) is 81.1 cm³/mol. The van der Waals surface area contributed by atoms with Gasteiger partial charge in [0.1, 0.15) is 10.8 Å². The Morgan fingerprint density at radius 2 is 2.20 bits per heavy atom. The highest BCUT2D eigenvalue weighted by molar-refractivity contribution is 7.18. The Kier molecular flexibility index (Phi) is 4.13. The molecule has 0 unspecified atom stereocenters. The molecule has 1 saturated carbocycles. The van der Waals surface area contributed by atoms with Crippen molar-refractivity contribution in [3.63, 3.8) is 0 Å². The summed E-state index contributed by atoms with van der Waals surface area (Å²) in [6, 6.07) is 8.04. The molecule has 0 spiro atoms. The maximum atomic E-state index is 12.1. The van der Waals surface area contributed by atoms with Gasteiger partial charge in [-0.15, -0.1) is 11.3 Å². The van der Waals surface area contributed by atoms with Gasteiger partial charge in [0.05, 0.1) is 22.7 Å². The second-order valence-corrected chi connectivity index (χ2v) is 6.52. The Morgan fingerprint density at radius 3 is 2.95 bits per heavy atom. The largest absolute Gasteiger partial charge is 0.378 e. The molecule has 0 aliphatic heterocycles. The first-order valence-electron chi connectivity index (χ1n) is 7.22. The van der Waals surface area contributed by atoms with Crippen LogP contribution in [-0.4, -0.2) is 23.5 Å². The van der Waals surface area contributed by atoms with Gasteiger partial charge in [-0.2, -0.15) is 0 Å². The van der Waals surface area contributed by atoms with Crippen molar-refractivity contribution < 1.29 is 9.53 Å². The van der Waals surface area contributed by atoms with Crippen LogP contribution in [0, 0.1) is 5.92 Å². The first-order chi connectivity index (χ1) is 9.74. The first kappa shape index (κ1) is 13.7. The van der Waals surface area contributed by atoms with Crippen LogP contribution in [0.1, 0.15) is 31.2 Å². The van der Waals surface area contributed by atoms with Gasteiger partial charge in [0.25, 0.3) is 0 Å². The van der Waals surface area contributed by atoms with Gasteiger partial charge in [-0.05, 0) is 37.8 Å². The molecule has 4 heteroatoms. The molecule has 3 nitrogen and oxygen atoms in total. The van der Waals surface area contributed by atoms with Gasteiger partial charge in [0.2, 0.25) is 0 Å². The number of hydrogen-bond donors (Lipinski definition) is 0. The highest BCUT2D eigenvalue weighted by Gasteiger charge is 2.31. The third-order valence-corrected chi connectivity index (χ3v) is 4.83. The lowest BCUT2D eigenvalue weighted by Crippen LogP contribution is -2.33. The van der Waals surface area contributed by atoms with Crippen molar-refractivity contribution in [1.82, 2.24) is 4.98 Å². The number of carbonyl (C=O) groups is 1. The van der Waals surface area contributed by atoms with Gasteiger partial charge in [0.15, 0.2) is 0 Å². The molecular formula is C16H19NO2S. The molecule has 2 aromatic rings. The Balaban J connectivity index is 1.52. The minimum Gasteiger partial charge on any atom is -0.378 e. The number of hydrogen-bond acceptors (Lipinski definition) is 4. The molecule has 1 aromatic carbocycles.